The molecule has 3 N–H and O–H groups in total. The van der Waals surface area contributed by atoms with E-state index in [9.17, 15) is 0 Å². The molecule has 1 aromatic rings. The van der Waals surface area contributed by atoms with Gasteiger partial charge in [0.25, 0.3) is 0 Å². The summed E-state index contributed by atoms with van der Waals surface area (Å²) in [6, 6.07) is 1.99. The minimum atomic E-state index is 0.731. The number of hydrogen-bond acceptors (Lipinski definition) is 3. The van der Waals surface area contributed by atoms with Gasteiger partial charge in [0, 0.05) is 19.2 Å². The fraction of sp³-hybridized carbons (Fsp3) is 0.667. The molecule has 1 rings (SSSR count). The SMILES string of the molecule is CCCn1nccc1NCCCN. The lowest BCUT2D eigenvalue weighted by Crippen LogP contribution is -2.12. The van der Waals surface area contributed by atoms with Crippen LogP contribution < -0.4 is 11.1 Å². The second-order valence-electron chi connectivity index (χ2n) is 3.01. The molecule has 0 aliphatic heterocycles. The number of rotatable bonds is 6. The quantitative estimate of drug-likeness (QED) is 0.647. The van der Waals surface area contributed by atoms with E-state index >= 15 is 0 Å². The number of nitrogens with zero attached hydrogens (tertiary/aromatic N) is 2. The highest BCUT2D eigenvalue weighted by Crippen LogP contribution is 2.06. The molecular weight excluding hydrogens is 164 g/mol. The summed E-state index contributed by atoms with van der Waals surface area (Å²) in [6.45, 7) is 4.77. The molecule has 4 nitrogen and oxygen atoms in total. The summed E-state index contributed by atoms with van der Waals surface area (Å²) in [6.07, 6.45) is 3.92. The van der Waals surface area contributed by atoms with Gasteiger partial charge in [-0.05, 0) is 19.4 Å². The molecule has 0 aromatic carbocycles. The Hall–Kier alpha value is -1.03. The van der Waals surface area contributed by atoms with Gasteiger partial charge in [-0.2, -0.15) is 5.10 Å². The third-order valence-corrected chi connectivity index (χ3v) is 1.84. The smallest absolute Gasteiger partial charge is 0.124 e. The van der Waals surface area contributed by atoms with Crippen LogP contribution in [0.5, 0.6) is 0 Å². The maximum atomic E-state index is 5.40. The van der Waals surface area contributed by atoms with Crippen LogP contribution in [0.1, 0.15) is 19.8 Å². The topological polar surface area (TPSA) is 55.9 Å². The average Bonchev–Trinajstić information content (AvgIpc) is 2.54. The van der Waals surface area contributed by atoms with E-state index in [2.05, 4.69) is 17.3 Å². The second kappa shape index (κ2) is 5.59. The van der Waals surface area contributed by atoms with E-state index in [-0.39, 0.29) is 0 Å². The molecule has 1 heterocycles. The Morgan fingerprint density at radius 2 is 2.46 bits per heavy atom. The molecule has 0 amide bonds. The Morgan fingerprint density at radius 3 is 3.15 bits per heavy atom. The van der Waals surface area contributed by atoms with Crippen molar-refractivity contribution in [1.82, 2.24) is 9.78 Å². The molecule has 0 aliphatic carbocycles. The number of nitrogens with two attached hydrogens (primary N) is 1. The van der Waals surface area contributed by atoms with Crippen molar-refractivity contribution >= 4 is 5.82 Å². The number of anilines is 1. The van der Waals surface area contributed by atoms with Crippen LogP contribution in [0.15, 0.2) is 12.3 Å². The summed E-state index contributed by atoms with van der Waals surface area (Å²) in [5.74, 6) is 1.09. The van der Waals surface area contributed by atoms with Crippen molar-refractivity contribution in [3.05, 3.63) is 12.3 Å². The zero-order valence-electron chi connectivity index (χ0n) is 8.16. The molecular formula is C9H18N4. The van der Waals surface area contributed by atoms with E-state index in [0.29, 0.717) is 0 Å². The van der Waals surface area contributed by atoms with E-state index in [0.717, 1.165) is 38.3 Å². The van der Waals surface area contributed by atoms with Crippen LogP contribution in [0.4, 0.5) is 5.82 Å². The highest BCUT2D eigenvalue weighted by atomic mass is 15.3. The lowest BCUT2D eigenvalue weighted by atomic mass is 10.4. The van der Waals surface area contributed by atoms with Gasteiger partial charge in [0.2, 0.25) is 0 Å². The van der Waals surface area contributed by atoms with Gasteiger partial charge >= 0.3 is 0 Å². The summed E-state index contributed by atoms with van der Waals surface area (Å²) >= 11 is 0. The largest absolute Gasteiger partial charge is 0.370 e. The monoisotopic (exact) mass is 182 g/mol. The summed E-state index contributed by atoms with van der Waals surface area (Å²) in [5.41, 5.74) is 5.40. The van der Waals surface area contributed by atoms with E-state index in [4.69, 9.17) is 5.73 Å². The van der Waals surface area contributed by atoms with Crippen LogP contribution in [0.2, 0.25) is 0 Å². The Kier molecular flexibility index (Phi) is 4.32. The Labute approximate surface area is 79.1 Å². The third-order valence-electron chi connectivity index (χ3n) is 1.84. The summed E-state index contributed by atoms with van der Waals surface area (Å²) in [5, 5.41) is 7.51. The minimum absolute atomic E-state index is 0.731. The van der Waals surface area contributed by atoms with E-state index in [1.54, 1.807) is 0 Å². The highest BCUT2D eigenvalue weighted by molar-refractivity contribution is 5.33. The van der Waals surface area contributed by atoms with Gasteiger partial charge in [-0.25, -0.2) is 4.68 Å². The van der Waals surface area contributed by atoms with Crippen LogP contribution >= 0.6 is 0 Å². The molecule has 0 radical (unpaired) electrons. The first-order valence-electron chi connectivity index (χ1n) is 4.84. The van der Waals surface area contributed by atoms with Crippen molar-refractivity contribution in [3.8, 4) is 0 Å². The molecule has 4 heteroatoms. The standard InChI is InChI=1S/C9H18N4/c1-2-8-13-9(4-7-12-13)11-6-3-5-10/h4,7,11H,2-3,5-6,8,10H2,1H3. The second-order valence-corrected chi connectivity index (χ2v) is 3.01. The van der Waals surface area contributed by atoms with Crippen LogP contribution in [0.3, 0.4) is 0 Å². The first-order chi connectivity index (χ1) is 6.38. The van der Waals surface area contributed by atoms with E-state index < -0.39 is 0 Å². The van der Waals surface area contributed by atoms with Gasteiger partial charge in [0.1, 0.15) is 5.82 Å². The Morgan fingerprint density at radius 1 is 1.62 bits per heavy atom. The number of nitrogens with one attached hydrogen (secondary N) is 1. The van der Waals surface area contributed by atoms with Gasteiger partial charge in [0.15, 0.2) is 0 Å². The zero-order valence-corrected chi connectivity index (χ0v) is 8.16. The maximum Gasteiger partial charge on any atom is 0.124 e. The van der Waals surface area contributed by atoms with Gasteiger partial charge in [-0.3, -0.25) is 0 Å². The number of aryl methyl sites for hydroxylation is 1. The average molecular weight is 182 g/mol. The van der Waals surface area contributed by atoms with Crippen LogP contribution in [0.25, 0.3) is 0 Å². The minimum Gasteiger partial charge on any atom is -0.370 e. The molecule has 74 valence electrons. The molecule has 0 bridgehead atoms. The fourth-order valence-electron chi connectivity index (χ4n) is 1.19. The molecule has 0 saturated heterocycles. The molecule has 0 saturated carbocycles. The summed E-state index contributed by atoms with van der Waals surface area (Å²) < 4.78 is 1.98. The van der Waals surface area contributed by atoms with Gasteiger partial charge in [-0.15, -0.1) is 0 Å². The van der Waals surface area contributed by atoms with Crippen molar-refractivity contribution in [3.63, 3.8) is 0 Å². The molecule has 0 fully saturated rings. The summed E-state index contributed by atoms with van der Waals surface area (Å²) in [7, 11) is 0. The van der Waals surface area contributed by atoms with E-state index in [1.165, 1.54) is 0 Å². The molecule has 0 unspecified atom stereocenters. The third kappa shape index (κ3) is 3.06. The van der Waals surface area contributed by atoms with Crippen molar-refractivity contribution in [1.29, 1.82) is 0 Å². The molecule has 0 aliphatic rings. The van der Waals surface area contributed by atoms with Crippen LogP contribution in [-0.2, 0) is 6.54 Å². The lowest BCUT2D eigenvalue weighted by Gasteiger charge is -2.07. The first kappa shape index (κ1) is 10.1. The molecule has 0 spiro atoms. The normalized spacial score (nSPS) is 10.3. The van der Waals surface area contributed by atoms with E-state index in [1.807, 2.05) is 16.9 Å². The molecule has 0 atom stereocenters. The van der Waals surface area contributed by atoms with Crippen molar-refractivity contribution < 1.29 is 0 Å². The van der Waals surface area contributed by atoms with Crippen molar-refractivity contribution in [2.45, 2.75) is 26.3 Å². The summed E-state index contributed by atoms with van der Waals surface area (Å²) in [4.78, 5) is 0. The van der Waals surface area contributed by atoms with Crippen LogP contribution in [-0.4, -0.2) is 22.9 Å². The number of aromatic nitrogens is 2. The molecule has 13 heavy (non-hydrogen) atoms. The molecule has 1 aromatic heterocycles. The number of hydrogen-bond donors (Lipinski definition) is 2. The van der Waals surface area contributed by atoms with Gasteiger partial charge < -0.3 is 11.1 Å². The van der Waals surface area contributed by atoms with Crippen molar-refractivity contribution in [2.24, 2.45) is 5.73 Å². The van der Waals surface area contributed by atoms with Gasteiger partial charge in [-0.1, -0.05) is 6.92 Å². The zero-order chi connectivity index (χ0) is 9.52. The maximum absolute atomic E-state index is 5.40. The highest BCUT2D eigenvalue weighted by Gasteiger charge is 1.98. The lowest BCUT2D eigenvalue weighted by molar-refractivity contribution is 0.606. The Bertz CT molecular complexity index is 231. The van der Waals surface area contributed by atoms with Crippen LogP contribution in [0, 0.1) is 0 Å². The fourth-order valence-corrected chi connectivity index (χ4v) is 1.19. The van der Waals surface area contributed by atoms with Gasteiger partial charge in [0.05, 0.1) is 6.20 Å². The van der Waals surface area contributed by atoms with Crippen molar-refractivity contribution in [2.75, 3.05) is 18.4 Å². The Balaban J connectivity index is 2.40. The first-order valence-corrected chi connectivity index (χ1v) is 4.84. The predicted octanol–water partition coefficient (Wildman–Crippen LogP) is 1.05. The predicted molar refractivity (Wildman–Crippen MR) is 54.7 cm³/mol.